The highest BCUT2D eigenvalue weighted by Gasteiger charge is 2.41. The molecular weight excluding hydrogens is 316 g/mol. The van der Waals surface area contributed by atoms with Crippen LogP contribution < -0.4 is 5.32 Å². The topological polar surface area (TPSA) is 80.9 Å². The molecule has 3 aromatic rings. The van der Waals surface area contributed by atoms with E-state index < -0.39 is 5.54 Å². The third-order valence-corrected chi connectivity index (χ3v) is 4.85. The molecule has 1 saturated carbocycles. The number of nitrogens with zero attached hydrogens (tertiary/aromatic N) is 3. The lowest BCUT2D eigenvalue weighted by Gasteiger charge is -2.27. The molecular formula is C19H20N4O2. The average Bonchev–Trinajstić information content (AvgIpc) is 3.24. The fourth-order valence-electron chi connectivity index (χ4n) is 3.66. The Morgan fingerprint density at radius 1 is 1.16 bits per heavy atom. The lowest BCUT2D eigenvalue weighted by molar-refractivity contribution is 0.0893. The van der Waals surface area contributed by atoms with Crippen molar-refractivity contribution in [1.82, 2.24) is 20.4 Å². The van der Waals surface area contributed by atoms with Gasteiger partial charge >= 0.3 is 0 Å². The van der Waals surface area contributed by atoms with Crippen molar-refractivity contribution >= 4 is 16.8 Å². The molecule has 0 spiro atoms. The van der Waals surface area contributed by atoms with E-state index in [2.05, 4.69) is 20.4 Å². The zero-order chi connectivity index (χ0) is 17.4. The summed E-state index contributed by atoms with van der Waals surface area (Å²) in [6.07, 6.45) is 3.70. The predicted molar refractivity (Wildman–Crippen MR) is 93.1 cm³/mol. The fourth-order valence-corrected chi connectivity index (χ4v) is 3.66. The second-order valence-electron chi connectivity index (χ2n) is 6.71. The van der Waals surface area contributed by atoms with Crippen LogP contribution in [0.1, 0.15) is 53.5 Å². The number of aryl methyl sites for hydroxylation is 2. The first-order valence-electron chi connectivity index (χ1n) is 8.57. The number of amides is 1. The Morgan fingerprint density at radius 3 is 2.64 bits per heavy atom. The highest BCUT2D eigenvalue weighted by molar-refractivity contribution is 6.06. The van der Waals surface area contributed by atoms with Gasteiger partial charge in [0.05, 0.1) is 11.1 Å². The average molecular weight is 336 g/mol. The molecule has 1 N–H and O–H groups in total. The molecule has 0 atom stereocenters. The van der Waals surface area contributed by atoms with Gasteiger partial charge in [-0.3, -0.25) is 9.78 Å². The smallest absolute Gasteiger partial charge is 0.252 e. The van der Waals surface area contributed by atoms with E-state index in [1.165, 1.54) is 0 Å². The molecule has 1 aliphatic rings. The molecule has 0 aliphatic heterocycles. The number of rotatable bonds is 3. The van der Waals surface area contributed by atoms with Gasteiger partial charge in [0.15, 0.2) is 5.82 Å². The van der Waals surface area contributed by atoms with Gasteiger partial charge in [-0.2, -0.15) is 4.98 Å². The van der Waals surface area contributed by atoms with Crippen LogP contribution in [-0.2, 0) is 5.54 Å². The molecule has 128 valence electrons. The van der Waals surface area contributed by atoms with E-state index in [0.717, 1.165) is 42.3 Å². The number of carbonyl (C=O) groups excluding carboxylic acids is 1. The van der Waals surface area contributed by atoms with Gasteiger partial charge in [-0.05, 0) is 31.9 Å². The maximum Gasteiger partial charge on any atom is 0.252 e. The number of hydrogen-bond acceptors (Lipinski definition) is 5. The minimum Gasteiger partial charge on any atom is -0.340 e. The van der Waals surface area contributed by atoms with E-state index >= 15 is 0 Å². The predicted octanol–water partition coefficient (Wildman–Crippen LogP) is 3.43. The molecule has 1 aromatic carbocycles. The van der Waals surface area contributed by atoms with Crippen LogP contribution in [0.5, 0.6) is 0 Å². The zero-order valence-electron chi connectivity index (χ0n) is 14.4. The number of pyridine rings is 1. The molecule has 0 radical (unpaired) electrons. The van der Waals surface area contributed by atoms with Crippen molar-refractivity contribution in [3.05, 3.63) is 53.3 Å². The number of para-hydroxylation sites is 1. The van der Waals surface area contributed by atoms with Gasteiger partial charge in [-0.25, -0.2) is 0 Å². The van der Waals surface area contributed by atoms with Crippen LogP contribution in [-0.4, -0.2) is 21.0 Å². The van der Waals surface area contributed by atoms with Crippen LogP contribution in [0, 0.1) is 13.8 Å². The van der Waals surface area contributed by atoms with Gasteiger partial charge in [0, 0.05) is 18.0 Å². The zero-order valence-corrected chi connectivity index (χ0v) is 14.4. The van der Waals surface area contributed by atoms with Crippen LogP contribution in [0.15, 0.2) is 34.9 Å². The molecule has 25 heavy (non-hydrogen) atoms. The Labute approximate surface area is 145 Å². The van der Waals surface area contributed by atoms with E-state index in [9.17, 15) is 4.79 Å². The van der Waals surface area contributed by atoms with Gasteiger partial charge in [-0.1, -0.05) is 36.2 Å². The summed E-state index contributed by atoms with van der Waals surface area (Å²) >= 11 is 0. The third kappa shape index (κ3) is 2.77. The quantitative estimate of drug-likeness (QED) is 0.792. The van der Waals surface area contributed by atoms with Crippen molar-refractivity contribution in [2.45, 2.75) is 45.1 Å². The number of nitrogens with one attached hydrogen (secondary N) is 1. The molecule has 1 fully saturated rings. The Kier molecular flexibility index (Phi) is 3.75. The summed E-state index contributed by atoms with van der Waals surface area (Å²) in [6.45, 7) is 3.66. The summed E-state index contributed by atoms with van der Waals surface area (Å²) in [5, 5.41) is 8.14. The molecule has 4 rings (SSSR count). The summed E-state index contributed by atoms with van der Waals surface area (Å²) in [6, 6.07) is 9.53. The minimum absolute atomic E-state index is 0.119. The summed E-state index contributed by atoms with van der Waals surface area (Å²) < 4.78 is 5.16. The van der Waals surface area contributed by atoms with Crippen molar-refractivity contribution in [3.63, 3.8) is 0 Å². The maximum atomic E-state index is 13.1. The largest absolute Gasteiger partial charge is 0.340 e. The Hall–Kier alpha value is -2.76. The van der Waals surface area contributed by atoms with Crippen LogP contribution in [0.25, 0.3) is 10.9 Å². The second kappa shape index (κ2) is 5.95. The molecule has 2 heterocycles. The van der Waals surface area contributed by atoms with Crippen LogP contribution >= 0.6 is 0 Å². The molecule has 1 amide bonds. The van der Waals surface area contributed by atoms with Gasteiger partial charge in [0.2, 0.25) is 5.89 Å². The Bertz CT molecular complexity index is 942. The van der Waals surface area contributed by atoms with E-state index in [1.54, 1.807) is 6.92 Å². The molecule has 6 heteroatoms. The molecule has 0 bridgehead atoms. The number of carbonyl (C=O) groups is 1. The summed E-state index contributed by atoms with van der Waals surface area (Å²) in [7, 11) is 0. The van der Waals surface area contributed by atoms with E-state index in [4.69, 9.17) is 4.52 Å². The Morgan fingerprint density at radius 2 is 1.92 bits per heavy atom. The fraction of sp³-hybridized carbons (Fsp3) is 0.368. The monoisotopic (exact) mass is 336 g/mol. The minimum atomic E-state index is -0.548. The first-order chi connectivity index (χ1) is 12.1. The van der Waals surface area contributed by atoms with E-state index in [0.29, 0.717) is 17.3 Å². The molecule has 0 saturated heterocycles. The van der Waals surface area contributed by atoms with Gasteiger partial charge in [0.1, 0.15) is 5.54 Å². The van der Waals surface area contributed by atoms with Crippen LogP contribution in [0.2, 0.25) is 0 Å². The van der Waals surface area contributed by atoms with Crippen molar-refractivity contribution in [1.29, 1.82) is 0 Å². The Balaban J connectivity index is 1.74. The first-order valence-corrected chi connectivity index (χ1v) is 8.57. The third-order valence-electron chi connectivity index (χ3n) is 4.85. The normalized spacial score (nSPS) is 16.2. The molecule has 1 aliphatic carbocycles. The summed E-state index contributed by atoms with van der Waals surface area (Å²) in [5.74, 6) is 0.970. The second-order valence-corrected chi connectivity index (χ2v) is 6.71. The number of aromatic nitrogens is 3. The first kappa shape index (κ1) is 15.7. The molecule has 0 unspecified atom stereocenters. The van der Waals surface area contributed by atoms with E-state index in [-0.39, 0.29) is 5.91 Å². The lowest BCUT2D eigenvalue weighted by atomic mass is 9.95. The van der Waals surface area contributed by atoms with Crippen molar-refractivity contribution in [2.24, 2.45) is 0 Å². The van der Waals surface area contributed by atoms with Crippen molar-refractivity contribution < 1.29 is 9.32 Å². The molecule has 2 aromatic heterocycles. The summed E-state index contributed by atoms with van der Waals surface area (Å²) in [5.41, 5.74) is 1.73. The maximum absolute atomic E-state index is 13.1. The van der Waals surface area contributed by atoms with Gasteiger partial charge in [0.25, 0.3) is 5.91 Å². The lowest BCUT2D eigenvalue weighted by Crippen LogP contribution is -2.44. The van der Waals surface area contributed by atoms with E-state index in [1.807, 2.05) is 37.3 Å². The summed E-state index contributed by atoms with van der Waals surface area (Å²) in [4.78, 5) is 22.0. The highest BCUT2D eigenvalue weighted by Crippen LogP contribution is 2.37. The highest BCUT2D eigenvalue weighted by atomic mass is 16.5. The number of fused-ring (bicyclic) bond motifs is 1. The number of hydrogen-bond donors (Lipinski definition) is 1. The van der Waals surface area contributed by atoms with Crippen LogP contribution in [0.3, 0.4) is 0 Å². The van der Waals surface area contributed by atoms with Crippen LogP contribution in [0.4, 0.5) is 0 Å². The SMILES string of the molecule is Cc1cc(C(=O)NC2(c3noc(C)n3)CCCC2)c2ccccc2n1. The van der Waals surface area contributed by atoms with Crippen molar-refractivity contribution in [2.75, 3.05) is 0 Å². The van der Waals surface area contributed by atoms with Crippen molar-refractivity contribution in [3.8, 4) is 0 Å². The number of benzene rings is 1. The standard InChI is InChI=1S/C19H20N4O2/c1-12-11-15(14-7-3-4-8-16(14)20-12)17(24)22-19(9-5-6-10-19)18-21-13(2)25-23-18/h3-4,7-8,11H,5-6,9-10H2,1-2H3,(H,22,24). The molecule has 6 nitrogen and oxygen atoms in total. The van der Waals surface area contributed by atoms with Gasteiger partial charge < -0.3 is 9.84 Å². The van der Waals surface area contributed by atoms with Gasteiger partial charge in [-0.15, -0.1) is 0 Å².